The molecule has 0 rings (SSSR count). The standard InChI is InChI=1S/C8H13Cl/c1-8(2)6-4-3-5-7-9/h3-4H,1,5-7H2,2H3. The van der Waals surface area contributed by atoms with Crippen LogP contribution in [0.25, 0.3) is 0 Å². The van der Waals surface area contributed by atoms with Gasteiger partial charge in [-0.3, -0.25) is 0 Å². The Kier molecular flexibility index (Phi) is 5.75. The van der Waals surface area contributed by atoms with E-state index in [2.05, 4.69) is 18.7 Å². The zero-order valence-electron chi connectivity index (χ0n) is 5.86. The number of allylic oxidation sites excluding steroid dienone is 3. The normalized spacial score (nSPS) is 10.4. The lowest BCUT2D eigenvalue weighted by atomic mass is 10.2. The van der Waals surface area contributed by atoms with E-state index in [0.29, 0.717) is 5.88 Å². The summed E-state index contributed by atoms with van der Waals surface area (Å²) >= 11 is 5.44. The van der Waals surface area contributed by atoms with Gasteiger partial charge in [-0.25, -0.2) is 0 Å². The summed E-state index contributed by atoms with van der Waals surface area (Å²) in [5, 5.41) is 0. The van der Waals surface area contributed by atoms with Crippen LogP contribution in [-0.4, -0.2) is 5.88 Å². The predicted octanol–water partition coefficient (Wildman–Crippen LogP) is 3.14. The molecule has 9 heavy (non-hydrogen) atoms. The molecule has 0 spiro atoms. The Morgan fingerprint density at radius 3 is 2.67 bits per heavy atom. The summed E-state index contributed by atoms with van der Waals surface area (Å²) in [4.78, 5) is 0. The summed E-state index contributed by atoms with van der Waals surface area (Å²) in [6.45, 7) is 5.79. The zero-order valence-corrected chi connectivity index (χ0v) is 6.62. The Bertz CT molecular complexity index is 103. The van der Waals surface area contributed by atoms with Crippen molar-refractivity contribution in [3.8, 4) is 0 Å². The summed E-state index contributed by atoms with van der Waals surface area (Å²) in [5.74, 6) is 0.715. The number of rotatable bonds is 4. The van der Waals surface area contributed by atoms with Crippen molar-refractivity contribution in [3.63, 3.8) is 0 Å². The molecule has 0 aromatic carbocycles. The quantitative estimate of drug-likeness (QED) is 0.420. The maximum absolute atomic E-state index is 5.44. The second kappa shape index (κ2) is 5.90. The molecular formula is C8H13Cl. The van der Waals surface area contributed by atoms with E-state index in [-0.39, 0.29) is 0 Å². The van der Waals surface area contributed by atoms with Gasteiger partial charge in [0.2, 0.25) is 0 Å². The van der Waals surface area contributed by atoms with Crippen LogP contribution in [0.1, 0.15) is 19.8 Å². The van der Waals surface area contributed by atoms with Crippen LogP contribution in [0.5, 0.6) is 0 Å². The maximum Gasteiger partial charge on any atom is 0.0258 e. The summed E-state index contributed by atoms with van der Waals surface area (Å²) < 4.78 is 0. The molecule has 0 aromatic rings. The molecule has 52 valence electrons. The van der Waals surface area contributed by atoms with Crippen LogP contribution in [0.2, 0.25) is 0 Å². The Labute approximate surface area is 62.2 Å². The fourth-order valence-corrected chi connectivity index (χ4v) is 0.591. The van der Waals surface area contributed by atoms with Crippen LogP contribution < -0.4 is 0 Å². The molecule has 0 amide bonds. The Balaban J connectivity index is 3.14. The van der Waals surface area contributed by atoms with Crippen LogP contribution in [0.15, 0.2) is 24.3 Å². The molecule has 0 aromatic heterocycles. The van der Waals surface area contributed by atoms with Crippen LogP contribution in [0.3, 0.4) is 0 Å². The third-order valence-electron chi connectivity index (χ3n) is 0.909. The van der Waals surface area contributed by atoms with Gasteiger partial charge in [0.05, 0.1) is 0 Å². The van der Waals surface area contributed by atoms with Gasteiger partial charge in [0.25, 0.3) is 0 Å². The lowest BCUT2D eigenvalue weighted by Crippen LogP contribution is -1.69. The smallest absolute Gasteiger partial charge is 0.0258 e. The molecule has 0 aliphatic carbocycles. The van der Waals surface area contributed by atoms with Crippen LogP contribution >= 0.6 is 11.6 Å². The highest BCUT2D eigenvalue weighted by molar-refractivity contribution is 6.17. The van der Waals surface area contributed by atoms with E-state index < -0.39 is 0 Å². The van der Waals surface area contributed by atoms with Gasteiger partial charge in [0, 0.05) is 5.88 Å². The minimum atomic E-state index is 0.715. The first-order chi connectivity index (χ1) is 4.27. The molecule has 0 heterocycles. The molecule has 0 saturated heterocycles. The van der Waals surface area contributed by atoms with E-state index in [0.717, 1.165) is 12.8 Å². The fourth-order valence-electron chi connectivity index (χ4n) is 0.465. The van der Waals surface area contributed by atoms with Gasteiger partial charge in [-0.15, -0.1) is 11.6 Å². The first kappa shape index (κ1) is 8.77. The van der Waals surface area contributed by atoms with Crippen molar-refractivity contribution in [2.24, 2.45) is 0 Å². The van der Waals surface area contributed by atoms with Crippen molar-refractivity contribution in [2.75, 3.05) is 5.88 Å². The third-order valence-corrected chi connectivity index (χ3v) is 1.13. The number of hydrogen-bond acceptors (Lipinski definition) is 0. The van der Waals surface area contributed by atoms with Crippen molar-refractivity contribution < 1.29 is 0 Å². The van der Waals surface area contributed by atoms with Crippen molar-refractivity contribution >= 4 is 11.6 Å². The lowest BCUT2D eigenvalue weighted by Gasteiger charge is -1.87. The van der Waals surface area contributed by atoms with E-state index in [4.69, 9.17) is 11.6 Å². The van der Waals surface area contributed by atoms with Crippen LogP contribution in [0.4, 0.5) is 0 Å². The number of alkyl halides is 1. The van der Waals surface area contributed by atoms with Gasteiger partial charge >= 0.3 is 0 Å². The third kappa shape index (κ3) is 7.77. The average molecular weight is 145 g/mol. The Hall–Kier alpha value is -0.230. The highest BCUT2D eigenvalue weighted by Crippen LogP contribution is 1.97. The molecule has 0 saturated carbocycles. The number of hydrogen-bond donors (Lipinski definition) is 0. The minimum Gasteiger partial charge on any atom is -0.126 e. The van der Waals surface area contributed by atoms with Crippen molar-refractivity contribution in [1.29, 1.82) is 0 Å². The van der Waals surface area contributed by atoms with Crippen molar-refractivity contribution in [2.45, 2.75) is 19.8 Å². The molecule has 0 bridgehead atoms. The second-order valence-corrected chi connectivity index (χ2v) is 2.49. The molecule has 0 aliphatic rings. The Morgan fingerprint density at radius 1 is 1.56 bits per heavy atom. The van der Waals surface area contributed by atoms with Crippen LogP contribution in [-0.2, 0) is 0 Å². The highest BCUT2D eigenvalue weighted by atomic mass is 35.5. The molecule has 0 unspecified atom stereocenters. The second-order valence-electron chi connectivity index (χ2n) is 2.11. The minimum absolute atomic E-state index is 0.715. The van der Waals surface area contributed by atoms with E-state index in [9.17, 15) is 0 Å². The van der Waals surface area contributed by atoms with Gasteiger partial charge < -0.3 is 0 Å². The summed E-state index contributed by atoms with van der Waals surface area (Å²) in [6.07, 6.45) is 6.14. The molecule has 0 fully saturated rings. The van der Waals surface area contributed by atoms with Crippen molar-refractivity contribution in [3.05, 3.63) is 24.3 Å². The summed E-state index contributed by atoms with van der Waals surface area (Å²) in [7, 11) is 0. The molecule has 0 aliphatic heterocycles. The SMILES string of the molecule is C=C(C)CC=CCCCl. The van der Waals surface area contributed by atoms with Gasteiger partial charge in [0.1, 0.15) is 0 Å². The van der Waals surface area contributed by atoms with Gasteiger partial charge in [-0.1, -0.05) is 24.3 Å². The molecule has 0 atom stereocenters. The molecule has 0 nitrogen and oxygen atoms in total. The lowest BCUT2D eigenvalue weighted by molar-refractivity contribution is 1.17. The van der Waals surface area contributed by atoms with Crippen molar-refractivity contribution in [1.82, 2.24) is 0 Å². The van der Waals surface area contributed by atoms with E-state index in [1.165, 1.54) is 5.57 Å². The topological polar surface area (TPSA) is 0 Å². The van der Waals surface area contributed by atoms with E-state index >= 15 is 0 Å². The van der Waals surface area contributed by atoms with Gasteiger partial charge in [-0.05, 0) is 19.8 Å². The first-order valence-electron chi connectivity index (χ1n) is 3.12. The predicted molar refractivity (Wildman–Crippen MR) is 43.9 cm³/mol. The average Bonchev–Trinajstić information content (AvgIpc) is 1.80. The van der Waals surface area contributed by atoms with Gasteiger partial charge in [0.15, 0.2) is 0 Å². The molecule has 1 heteroatoms. The number of halogens is 1. The highest BCUT2D eigenvalue weighted by Gasteiger charge is 1.77. The summed E-state index contributed by atoms with van der Waals surface area (Å²) in [6, 6.07) is 0. The maximum atomic E-state index is 5.44. The van der Waals surface area contributed by atoms with Crippen LogP contribution in [0, 0.1) is 0 Å². The Morgan fingerprint density at radius 2 is 2.22 bits per heavy atom. The monoisotopic (exact) mass is 144 g/mol. The van der Waals surface area contributed by atoms with Gasteiger partial charge in [-0.2, -0.15) is 0 Å². The molecule has 0 N–H and O–H groups in total. The first-order valence-corrected chi connectivity index (χ1v) is 3.66. The fraction of sp³-hybridized carbons (Fsp3) is 0.500. The van der Waals surface area contributed by atoms with E-state index in [1.54, 1.807) is 0 Å². The van der Waals surface area contributed by atoms with E-state index in [1.807, 2.05) is 6.92 Å². The molecule has 0 radical (unpaired) electrons. The summed E-state index contributed by atoms with van der Waals surface area (Å²) in [5.41, 5.74) is 1.20. The molecular weight excluding hydrogens is 132 g/mol. The zero-order chi connectivity index (χ0) is 7.11. The largest absolute Gasteiger partial charge is 0.126 e.